The van der Waals surface area contributed by atoms with Crippen molar-refractivity contribution in [1.29, 1.82) is 0 Å². The molecule has 0 aliphatic carbocycles. The van der Waals surface area contributed by atoms with E-state index in [1.54, 1.807) is 32.4 Å². The van der Waals surface area contributed by atoms with Crippen LogP contribution in [0.3, 0.4) is 0 Å². The summed E-state index contributed by atoms with van der Waals surface area (Å²) in [6, 6.07) is 12.8. The van der Waals surface area contributed by atoms with E-state index >= 15 is 0 Å². The summed E-state index contributed by atoms with van der Waals surface area (Å²) in [7, 11) is 3.13. The van der Waals surface area contributed by atoms with Gasteiger partial charge in [-0.3, -0.25) is 0 Å². The van der Waals surface area contributed by atoms with Crippen molar-refractivity contribution in [3.63, 3.8) is 0 Å². The van der Waals surface area contributed by atoms with Crippen LogP contribution in [0.5, 0.6) is 11.5 Å². The van der Waals surface area contributed by atoms with Crippen molar-refractivity contribution < 1.29 is 19.0 Å². The molecule has 0 atom stereocenters. The molecule has 0 spiro atoms. The highest BCUT2D eigenvalue weighted by molar-refractivity contribution is 9.10. The average molecular weight is 388 g/mol. The van der Waals surface area contributed by atoms with Crippen LogP contribution in [0.25, 0.3) is 6.08 Å². The lowest BCUT2D eigenvalue weighted by Crippen LogP contribution is -2.05. The van der Waals surface area contributed by atoms with Gasteiger partial charge in [0.05, 0.1) is 18.7 Å². The molecule has 5 nitrogen and oxygen atoms in total. The number of rotatable bonds is 4. The highest BCUT2D eigenvalue weighted by Gasteiger charge is 2.24. The standard InChI is InChI=1S/C18H14BrNO4/c1-22-15-10-13(19)16(23-2)9-12(15)8-14-18(21)24-17(20-14)11-6-4-3-5-7-11/h3-10H,1-2H3/b14-8-. The molecule has 1 aliphatic heterocycles. The number of carbonyl (C=O) groups is 1. The van der Waals surface area contributed by atoms with Crippen LogP contribution >= 0.6 is 15.9 Å². The first-order valence-electron chi connectivity index (χ1n) is 7.12. The van der Waals surface area contributed by atoms with Gasteiger partial charge in [0.2, 0.25) is 5.90 Å². The minimum atomic E-state index is -0.502. The summed E-state index contributed by atoms with van der Waals surface area (Å²) in [5, 5.41) is 0. The van der Waals surface area contributed by atoms with E-state index < -0.39 is 5.97 Å². The number of cyclic esters (lactones) is 1. The van der Waals surface area contributed by atoms with E-state index in [-0.39, 0.29) is 11.6 Å². The predicted octanol–water partition coefficient (Wildman–Crippen LogP) is 3.81. The fraction of sp³-hybridized carbons (Fsp3) is 0.111. The molecular formula is C18H14BrNO4. The molecule has 0 bridgehead atoms. The molecule has 24 heavy (non-hydrogen) atoms. The highest BCUT2D eigenvalue weighted by Crippen LogP contribution is 2.34. The number of nitrogens with zero attached hydrogens (tertiary/aromatic N) is 1. The second-order valence-electron chi connectivity index (χ2n) is 4.93. The third kappa shape index (κ3) is 3.19. The molecular weight excluding hydrogens is 374 g/mol. The fourth-order valence-electron chi connectivity index (χ4n) is 2.26. The third-order valence-electron chi connectivity index (χ3n) is 3.44. The third-order valence-corrected chi connectivity index (χ3v) is 4.06. The Labute approximate surface area is 147 Å². The van der Waals surface area contributed by atoms with E-state index in [0.717, 1.165) is 10.0 Å². The number of ether oxygens (including phenoxy) is 3. The minimum absolute atomic E-state index is 0.205. The van der Waals surface area contributed by atoms with Gasteiger partial charge in [-0.1, -0.05) is 18.2 Å². The van der Waals surface area contributed by atoms with Crippen molar-refractivity contribution in [3.05, 3.63) is 63.8 Å². The molecule has 0 fully saturated rings. The lowest BCUT2D eigenvalue weighted by Gasteiger charge is -2.09. The van der Waals surface area contributed by atoms with Gasteiger partial charge in [-0.15, -0.1) is 0 Å². The zero-order valence-corrected chi connectivity index (χ0v) is 14.7. The normalized spacial score (nSPS) is 15.2. The summed E-state index contributed by atoms with van der Waals surface area (Å²) >= 11 is 3.40. The van der Waals surface area contributed by atoms with Gasteiger partial charge in [0.1, 0.15) is 11.5 Å². The summed E-state index contributed by atoms with van der Waals surface area (Å²) in [6.45, 7) is 0. The summed E-state index contributed by atoms with van der Waals surface area (Å²) < 4.78 is 16.6. The zero-order valence-electron chi connectivity index (χ0n) is 13.1. The Hall–Kier alpha value is -2.60. The maximum absolute atomic E-state index is 12.1. The Morgan fingerprint density at radius 1 is 1.08 bits per heavy atom. The Morgan fingerprint density at radius 2 is 1.79 bits per heavy atom. The maximum atomic E-state index is 12.1. The SMILES string of the molecule is COc1cc(/C=C2\N=C(c3ccccc3)OC2=O)c(OC)cc1Br. The van der Waals surface area contributed by atoms with Crippen molar-refractivity contribution in [2.75, 3.05) is 14.2 Å². The lowest BCUT2D eigenvalue weighted by atomic mass is 10.1. The Kier molecular flexibility index (Phi) is 4.66. The van der Waals surface area contributed by atoms with Crippen molar-refractivity contribution in [1.82, 2.24) is 0 Å². The topological polar surface area (TPSA) is 57.1 Å². The van der Waals surface area contributed by atoms with E-state index in [4.69, 9.17) is 14.2 Å². The second kappa shape index (κ2) is 6.88. The molecule has 1 heterocycles. The Bertz CT molecular complexity index is 844. The first-order chi connectivity index (χ1) is 11.6. The van der Waals surface area contributed by atoms with Crippen LogP contribution in [0.15, 0.2) is 57.6 Å². The van der Waals surface area contributed by atoms with Gasteiger partial charge in [-0.2, -0.15) is 0 Å². The molecule has 0 saturated carbocycles. The number of carbonyl (C=O) groups excluding carboxylic acids is 1. The lowest BCUT2D eigenvalue weighted by molar-refractivity contribution is -0.129. The average Bonchev–Trinajstić information content (AvgIpc) is 2.97. The van der Waals surface area contributed by atoms with Crippen LogP contribution in [0.2, 0.25) is 0 Å². The zero-order chi connectivity index (χ0) is 17.1. The van der Waals surface area contributed by atoms with Crippen LogP contribution in [-0.2, 0) is 9.53 Å². The van der Waals surface area contributed by atoms with Crippen molar-refractivity contribution in [3.8, 4) is 11.5 Å². The summed E-state index contributed by atoms with van der Waals surface area (Å²) in [6.07, 6.45) is 1.62. The van der Waals surface area contributed by atoms with E-state index in [9.17, 15) is 4.79 Å². The monoisotopic (exact) mass is 387 g/mol. The van der Waals surface area contributed by atoms with Crippen LogP contribution in [0.4, 0.5) is 0 Å². The molecule has 0 amide bonds. The van der Waals surface area contributed by atoms with Crippen LogP contribution in [-0.4, -0.2) is 26.1 Å². The molecule has 0 radical (unpaired) electrons. The quantitative estimate of drug-likeness (QED) is 0.591. The van der Waals surface area contributed by atoms with Crippen molar-refractivity contribution in [2.45, 2.75) is 0 Å². The molecule has 122 valence electrons. The molecule has 3 rings (SSSR count). The Morgan fingerprint density at radius 3 is 2.46 bits per heavy atom. The summed E-state index contributed by atoms with van der Waals surface area (Å²) in [5.74, 6) is 1.00. The number of halogens is 1. The van der Waals surface area contributed by atoms with Gasteiger partial charge >= 0.3 is 5.97 Å². The number of methoxy groups -OCH3 is 2. The van der Waals surface area contributed by atoms with Gasteiger partial charge in [-0.05, 0) is 46.3 Å². The number of esters is 1. The van der Waals surface area contributed by atoms with Crippen LogP contribution in [0, 0.1) is 0 Å². The van der Waals surface area contributed by atoms with E-state index in [1.807, 2.05) is 30.3 Å². The van der Waals surface area contributed by atoms with Gasteiger partial charge < -0.3 is 14.2 Å². The molecule has 0 aromatic heterocycles. The fourth-order valence-corrected chi connectivity index (χ4v) is 2.74. The largest absolute Gasteiger partial charge is 0.496 e. The van der Waals surface area contributed by atoms with Crippen molar-refractivity contribution in [2.24, 2.45) is 4.99 Å². The van der Waals surface area contributed by atoms with Crippen LogP contribution < -0.4 is 9.47 Å². The first kappa shape index (κ1) is 16.3. The number of hydrogen-bond donors (Lipinski definition) is 0. The van der Waals surface area contributed by atoms with Gasteiger partial charge in [-0.25, -0.2) is 9.79 Å². The van der Waals surface area contributed by atoms with Crippen molar-refractivity contribution >= 4 is 33.9 Å². The van der Waals surface area contributed by atoms with E-state index in [1.165, 1.54) is 0 Å². The molecule has 2 aromatic rings. The minimum Gasteiger partial charge on any atom is -0.496 e. The number of hydrogen-bond acceptors (Lipinski definition) is 5. The van der Waals surface area contributed by atoms with E-state index in [2.05, 4.69) is 20.9 Å². The second-order valence-corrected chi connectivity index (χ2v) is 5.79. The Balaban J connectivity index is 2.02. The molecule has 2 aromatic carbocycles. The van der Waals surface area contributed by atoms with Gasteiger partial charge in [0.25, 0.3) is 0 Å². The number of aliphatic imine (C=N–C) groups is 1. The summed E-state index contributed by atoms with van der Waals surface area (Å²) in [5.41, 5.74) is 1.62. The smallest absolute Gasteiger partial charge is 0.363 e. The van der Waals surface area contributed by atoms with Gasteiger partial charge in [0, 0.05) is 11.1 Å². The maximum Gasteiger partial charge on any atom is 0.363 e. The highest BCUT2D eigenvalue weighted by atomic mass is 79.9. The molecule has 6 heteroatoms. The first-order valence-corrected chi connectivity index (χ1v) is 7.91. The molecule has 0 saturated heterocycles. The summed E-state index contributed by atoms with van der Waals surface area (Å²) in [4.78, 5) is 16.4. The van der Waals surface area contributed by atoms with Gasteiger partial charge in [0.15, 0.2) is 5.70 Å². The molecule has 0 unspecified atom stereocenters. The molecule has 1 aliphatic rings. The number of benzene rings is 2. The van der Waals surface area contributed by atoms with Crippen LogP contribution in [0.1, 0.15) is 11.1 Å². The predicted molar refractivity (Wildman–Crippen MR) is 94.3 cm³/mol. The molecule has 0 N–H and O–H groups in total. The van der Waals surface area contributed by atoms with E-state index in [0.29, 0.717) is 17.1 Å².